The molecule has 1 amide bonds. The first-order valence-corrected chi connectivity index (χ1v) is 8.46. The molecule has 0 radical (unpaired) electrons. The molecule has 1 aliphatic rings. The van der Waals surface area contributed by atoms with Crippen LogP contribution in [0.4, 0.5) is 18.9 Å². The number of ether oxygens (including phenoxy) is 4. The van der Waals surface area contributed by atoms with Crippen molar-refractivity contribution < 1.29 is 41.7 Å². The molecule has 1 N–H and O–H groups in total. The molecule has 0 unspecified atom stereocenters. The van der Waals surface area contributed by atoms with E-state index in [-0.39, 0.29) is 5.75 Å². The molecule has 0 saturated heterocycles. The van der Waals surface area contributed by atoms with E-state index >= 15 is 0 Å². The van der Waals surface area contributed by atoms with E-state index in [1.165, 1.54) is 6.07 Å². The fourth-order valence-electron chi connectivity index (χ4n) is 2.41. The van der Waals surface area contributed by atoms with Crippen LogP contribution in [0.1, 0.15) is 5.56 Å². The van der Waals surface area contributed by atoms with Crippen LogP contribution < -0.4 is 19.5 Å². The number of carbonyl (C=O) groups is 2. The van der Waals surface area contributed by atoms with Crippen molar-refractivity contribution in [2.75, 3.05) is 31.7 Å². The van der Waals surface area contributed by atoms with Crippen LogP contribution in [0.2, 0.25) is 0 Å². The van der Waals surface area contributed by atoms with Crippen molar-refractivity contribution in [3.63, 3.8) is 0 Å². The lowest BCUT2D eigenvalue weighted by Gasteiger charge is -2.19. The number of fused-ring (bicyclic) bond motifs is 1. The molecule has 1 heterocycles. The summed E-state index contributed by atoms with van der Waals surface area (Å²) in [6, 6.07) is 8.89. The Bertz CT molecular complexity index is 900. The summed E-state index contributed by atoms with van der Waals surface area (Å²) in [6.07, 6.45) is -4.52. The number of nitrogens with one attached hydrogen (secondary N) is 1. The highest BCUT2D eigenvalue weighted by Gasteiger charge is 2.30. The lowest BCUT2D eigenvalue weighted by atomic mass is 10.2. The number of hydrogen-bond donors (Lipinski definition) is 1. The Balaban J connectivity index is 1.44. The maximum absolute atomic E-state index is 12.6. The highest BCUT2D eigenvalue weighted by molar-refractivity contribution is 5.93. The Morgan fingerprint density at radius 1 is 1.00 bits per heavy atom. The number of halogens is 3. The molecule has 0 bridgehead atoms. The fourth-order valence-corrected chi connectivity index (χ4v) is 2.41. The third-order valence-electron chi connectivity index (χ3n) is 3.71. The first-order chi connectivity index (χ1) is 13.8. The predicted molar refractivity (Wildman–Crippen MR) is 94.0 cm³/mol. The Hall–Kier alpha value is -3.43. The second kappa shape index (κ2) is 8.72. The number of rotatable bonds is 6. The van der Waals surface area contributed by atoms with Gasteiger partial charge in [0.1, 0.15) is 19.0 Å². The second-order valence-electron chi connectivity index (χ2n) is 5.88. The molecule has 1 aliphatic heterocycles. The van der Waals surface area contributed by atoms with Gasteiger partial charge in [0, 0.05) is 11.8 Å². The van der Waals surface area contributed by atoms with Crippen molar-refractivity contribution in [1.82, 2.24) is 0 Å². The molecule has 29 heavy (non-hydrogen) atoms. The summed E-state index contributed by atoms with van der Waals surface area (Å²) in [7, 11) is 0. The first kappa shape index (κ1) is 20.3. The summed E-state index contributed by atoms with van der Waals surface area (Å²) < 4.78 is 58.4. The summed E-state index contributed by atoms with van der Waals surface area (Å²) in [6.45, 7) is -0.386. The van der Waals surface area contributed by atoms with Crippen LogP contribution in [-0.4, -0.2) is 38.3 Å². The molecule has 0 spiro atoms. The third-order valence-corrected chi connectivity index (χ3v) is 3.71. The lowest BCUT2D eigenvalue weighted by molar-refractivity contribution is -0.149. The van der Waals surface area contributed by atoms with Crippen molar-refractivity contribution >= 4 is 17.6 Å². The Labute approximate surface area is 163 Å². The van der Waals surface area contributed by atoms with Gasteiger partial charge in [-0.25, -0.2) is 4.79 Å². The second-order valence-corrected chi connectivity index (χ2v) is 5.88. The van der Waals surface area contributed by atoms with Gasteiger partial charge in [-0.2, -0.15) is 13.2 Å². The van der Waals surface area contributed by atoms with Crippen LogP contribution in [0.3, 0.4) is 0 Å². The maximum Gasteiger partial charge on any atom is 0.416 e. The van der Waals surface area contributed by atoms with Gasteiger partial charge in [0.05, 0.1) is 5.56 Å². The van der Waals surface area contributed by atoms with E-state index in [9.17, 15) is 22.8 Å². The number of esters is 1. The minimum absolute atomic E-state index is 0.141. The zero-order valence-corrected chi connectivity index (χ0v) is 15.0. The molecule has 154 valence electrons. The highest BCUT2D eigenvalue weighted by Crippen LogP contribution is 2.33. The smallest absolute Gasteiger partial charge is 0.416 e. The average Bonchev–Trinajstić information content (AvgIpc) is 2.70. The van der Waals surface area contributed by atoms with Crippen LogP contribution in [0, 0.1) is 0 Å². The molecule has 0 fully saturated rings. The van der Waals surface area contributed by atoms with Gasteiger partial charge in [0.15, 0.2) is 24.7 Å². The molecule has 0 aromatic heterocycles. The van der Waals surface area contributed by atoms with Gasteiger partial charge < -0.3 is 24.3 Å². The van der Waals surface area contributed by atoms with E-state index in [2.05, 4.69) is 5.32 Å². The molecule has 0 saturated carbocycles. The number of benzene rings is 2. The van der Waals surface area contributed by atoms with Crippen molar-refractivity contribution in [2.24, 2.45) is 0 Å². The quantitative estimate of drug-likeness (QED) is 0.736. The monoisotopic (exact) mass is 411 g/mol. The van der Waals surface area contributed by atoms with E-state index in [1.54, 1.807) is 18.2 Å². The fraction of sp³-hybridized carbons (Fsp3) is 0.263. The van der Waals surface area contributed by atoms with Gasteiger partial charge in [0.25, 0.3) is 5.91 Å². The van der Waals surface area contributed by atoms with Crippen molar-refractivity contribution in [1.29, 1.82) is 0 Å². The van der Waals surface area contributed by atoms with Gasteiger partial charge in [-0.15, -0.1) is 0 Å². The largest absolute Gasteiger partial charge is 0.486 e. The average molecular weight is 411 g/mol. The van der Waals surface area contributed by atoms with E-state index in [1.807, 2.05) is 0 Å². The molecular formula is C19H16F3NO6. The Morgan fingerprint density at radius 3 is 2.52 bits per heavy atom. The molecular weight excluding hydrogens is 395 g/mol. The zero-order valence-electron chi connectivity index (χ0n) is 15.0. The number of hydrogen-bond acceptors (Lipinski definition) is 6. The van der Waals surface area contributed by atoms with Crippen LogP contribution in [0.15, 0.2) is 42.5 Å². The number of anilines is 1. The lowest BCUT2D eigenvalue weighted by Crippen LogP contribution is -2.24. The topological polar surface area (TPSA) is 83.1 Å². The number of alkyl halides is 3. The summed E-state index contributed by atoms with van der Waals surface area (Å²) in [5, 5.41) is 2.53. The van der Waals surface area contributed by atoms with E-state index in [0.29, 0.717) is 30.4 Å². The number of carbonyl (C=O) groups excluding carboxylic acids is 2. The Kier molecular flexibility index (Phi) is 6.10. The minimum Gasteiger partial charge on any atom is -0.486 e. The van der Waals surface area contributed by atoms with Crippen molar-refractivity contribution in [3.8, 4) is 17.2 Å². The van der Waals surface area contributed by atoms with Gasteiger partial charge in [0.2, 0.25) is 0 Å². The number of amides is 1. The van der Waals surface area contributed by atoms with Gasteiger partial charge in [-0.05, 0) is 30.3 Å². The molecule has 3 rings (SSSR count). The molecule has 2 aromatic rings. The minimum atomic E-state index is -4.52. The summed E-state index contributed by atoms with van der Waals surface area (Å²) in [5.74, 6) is -0.598. The maximum atomic E-state index is 12.6. The first-order valence-electron chi connectivity index (χ1n) is 8.46. The Morgan fingerprint density at radius 2 is 1.76 bits per heavy atom. The van der Waals surface area contributed by atoms with E-state index < -0.39 is 36.8 Å². The van der Waals surface area contributed by atoms with Gasteiger partial charge >= 0.3 is 12.1 Å². The van der Waals surface area contributed by atoms with Crippen LogP contribution in [-0.2, 0) is 20.5 Å². The molecule has 7 nitrogen and oxygen atoms in total. The summed E-state index contributed by atoms with van der Waals surface area (Å²) >= 11 is 0. The van der Waals surface area contributed by atoms with Crippen molar-refractivity contribution in [3.05, 3.63) is 48.0 Å². The van der Waals surface area contributed by atoms with Crippen LogP contribution >= 0.6 is 0 Å². The van der Waals surface area contributed by atoms with E-state index in [0.717, 1.165) is 18.2 Å². The summed E-state index contributed by atoms with van der Waals surface area (Å²) in [5.41, 5.74) is -0.474. The van der Waals surface area contributed by atoms with Crippen LogP contribution in [0.5, 0.6) is 17.2 Å². The highest BCUT2D eigenvalue weighted by atomic mass is 19.4. The molecule has 2 aromatic carbocycles. The van der Waals surface area contributed by atoms with Crippen LogP contribution in [0.25, 0.3) is 0 Å². The molecule has 10 heteroatoms. The normalized spacial score (nSPS) is 12.8. The summed E-state index contributed by atoms with van der Waals surface area (Å²) in [4.78, 5) is 23.5. The van der Waals surface area contributed by atoms with Gasteiger partial charge in [-0.1, -0.05) is 6.07 Å². The standard InChI is InChI=1S/C19H16F3NO6/c20-19(21,22)12-2-1-3-14(8-12)28-11-18(25)29-10-17(24)23-13-4-5-15-16(9-13)27-7-6-26-15/h1-5,8-9H,6-7,10-11H2,(H,23,24). The molecule has 0 aliphatic carbocycles. The predicted octanol–water partition coefficient (Wildman–Crippen LogP) is 3.04. The third kappa shape index (κ3) is 5.77. The van der Waals surface area contributed by atoms with Crippen molar-refractivity contribution in [2.45, 2.75) is 6.18 Å². The van der Waals surface area contributed by atoms with Gasteiger partial charge in [-0.3, -0.25) is 4.79 Å². The molecule has 0 atom stereocenters. The van der Waals surface area contributed by atoms with E-state index in [4.69, 9.17) is 18.9 Å². The zero-order chi connectivity index (χ0) is 20.9. The SMILES string of the molecule is O=C(COC(=O)COc1cccc(C(F)(F)F)c1)Nc1ccc2c(c1)OCCO2.